The van der Waals surface area contributed by atoms with Crippen molar-refractivity contribution in [3.63, 3.8) is 0 Å². The van der Waals surface area contributed by atoms with E-state index in [2.05, 4.69) is 4.74 Å². The third-order valence-corrected chi connectivity index (χ3v) is 4.17. The first-order valence-corrected chi connectivity index (χ1v) is 7.70. The van der Waals surface area contributed by atoms with Crippen molar-refractivity contribution in [2.75, 3.05) is 4.72 Å². The van der Waals surface area contributed by atoms with Gasteiger partial charge in [0, 0.05) is 0 Å². The number of rotatable bonds is 4. The maximum absolute atomic E-state index is 13.5. The molecule has 124 valence electrons. The van der Waals surface area contributed by atoms with E-state index in [0.29, 0.717) is 0 Å². The Labute approximate surface area is 129 Å². The number of hydrogen-bond donors (Lipinski definition) is 1. The third-order valence-electron chi connectivity index (χ3n) is 2.81. The zero-order valence-electron chi connectivity index (χ0n) is 11.7. The van der Waals surface area contributed by atoms with Crippen molar-refractivity contribution >= 4 is 15.7 Å². The Kier molecular flexibility index (Phi) is 4.51. The van der Waals surface area contributed by atoms with E-state index in [9.17, 15) is 26.0 Å². The molecule has 0 aliphatic rings. The number of hydrogen-bond acceptors (Lipinski definition) is 3. The summed E-state index contributed by atoms with van der Waals surface area (Å²) in [6.07, 6.45) is -4.97. The summed E-state index contributed by atoms with van der Waals surface area (Å²) < 4.78 is 80.5. The quantitative estimate of drug-likeness (QED) is 0.854. The molecule has 0 saturated heterocycles. The van der Waals surface area contributed by atoms with Gasteiger partial charge in [0.25, 0.3) is 10.0 Å². The molecule has 0 radical (unpaired) electrons. The first-order valence-electron chi connectivity index (χ1n) is 6.22. The number of sulfonamides is 1. The molecule has 0 bridgehead atoms. The average molecular weight is 349 g/mol. The van der Waals surface area contributed by atoms with Crippen LogP contribution in [0.25, 0.3) is 0 Å². The number of aryl methyl sites for hydroxylation is 1. The van der Waals surface area contributed by atoms with Gasteiger partial charge in [-0.1, -0.05) is 18.2 Å². The van der Waals surface area contributed by atoms with Crippen molar-refractivity contribution in [1.82, 2.24) is 0 Å². The Hall–Kier alpha value is -2.29. The summed E-state index contributed by atoms with van der Waals surface area (Å²) in [5, 5.41) is 0. The minimum Gasteiger partial charge on any atom is -0.404 e. The van der Waals surface area contributed by atoms with E-state index in [-0.39, 0.29) is 5.56 Å². The van der Waals surface area contributed by atoms with Crippen LogP contribution >= 0.6 is 0 Å². The largest absolute Gasteiger partial charge is 0.573 e. The minimum absolute atomic E-state index is 0.241. The Bertz CT molecular complexity index is 819. The molecule has 0 heterocycles. The summed E-state index contributed by atoms with van der Waals surface area (Å²) in [5.74, 6) is -1.45. The molecule has 23 heavy (non-hydrogen) atoms. The van der Waals surface area contributed by atoms with Crippen molar-refractivity contribution in [3.8, 4) is 5.75 Å². The smallest absolute Gasteiger partial charge is 0.404 e. The molecular weight excluding hydrogens is 338 g/mol. The lowest BCUT2D eigenvalue weighted by Gasteiger charge is -2.15. The molecule has 0 fully saturated rings. The molecule has 0 aromatic heterocycles. The lowest BCUT2D eigenvalue weighted by molar-refractivity contribution is -0.274. The van der Waals surface area contributed by atoms with E-state index in [1.54, 1.807) is 0 Å². The Morgan fingerprint density at radius 3 is 2.35 bits per heavy atom. The van der Waals surface area contributed by atoms with E-state index >= 15 is 0 Å². The molecule has 2 aromatic rings. The molecule has 0 unspecified atom stereocenters. The van der Waals surface area contributed by atoms with Gasteiger partial charge in [0.05, 0.1) is 10.6 Å². The van der Waals surface area contributed by atoms with Gasteiger partial charge < -0.3 is 4.74 Å². The van der Waals surface area contributed by atoms with Gasteiger partial charge in [-0.3, -0.25) is 4.72 Å². The third kappa shape index (κ3) is 4.35. The van der Waals surface area contributed by atoms with Gasteiger partial charge in [0.15, 0.2) is 5.75 Å². The maximum Gasteiger partial charge on any atom is 0.573 e. The van der Waals surface area contributed by atoms with E-state index in [1.165, 1.54) is 25.1 Å². The highest BCUT2D eigenvalue weighted by Gasteiger charge is 2.32. The van der Waals surface area contributed by atoms with Crippen molar-refractivity contribution < 1.29 is 30.7 Å². The second-order valence-corrected chi connectivity index (χ2v) is 6.24. The summed E-state index contributed by atoms with van der Waals surface area (Å²) >= 11 is 0. The second-order valence-electron chi connectivity index (χ2n) is 4.56. The van der Waals surface area contributed by atoms with Gasteiger partial charge in [0.1, 0.15) is 5.82 Å². The minimum atomic E-state index is -4.97. The first-order chi connectivity index (χ1) is 10.6. The molecule has 2 aromatic carbocycles. The summed E-state index contributed by atoms with van der Waals surface area (Å²) in [6.45, 7) is 1.45. The molecule has 0 aliphatic carbocycles. The van der Waals surface area contributed by atoms with Crippen LogP contribution < -0.4 is 9.46 Å². The number of alkyl halides is 3. The van der Waals surface area contributed by atoms with Crippen LogP contribution in [0, 0.1) is 12.7 Å². The number of nitrogens with one attached hydrogen (secondary N) is 1. The number of anilines is 1. The molecule has 0 spiro atoms. The standard InChI is InChI=1S/C14H11F4NO3S/c1-9-6-7-10(8-11(9)15)23(20,21)19-12-4-2-3-5-13(12)22-14(16,17)18/h2-8,19H,1H3. The summed E-state index contributed by atoms with van der Waals surface area (Å²) in [6, 6.07) is 7.83. The molecular formula is C14H11F4NO3S. The van der Waals surface area contributed by atoms with E-state index < -0.39 is 38.5 Å². The summed E-state index contributed by atoms with van der Waals surface area (Å²) in [4.78, 5) is -0.414. The zero-order valence-corrected chi connectivity index (χ0v) is 12.5. The fourth-order valence-electron chi connectivity index (χ4n) is 1.71. The van der Waals surface area contributed by atoms with Crippen LogP contribution in [0.3, 0.4) is 0 Å². The molecule has 0 amide bonds. The zero-order chi connectivity index (χ0) is 17.3. The van der Waals surface area contributed by atoms with Gasteiger partial charge in [-0.05, 0) is 36.8 Å². The average Bonchev–Trinajstić information content (AvgIpc) is 2.42. The fraction of sp³-hybridized carbons (Fsp3) is 0.143. The monoisotopic (exact) mass is 349 g/mol. The van der Waals surface area contributed by atoms with Gasteiger partial charge in [0.2, 0.25) is 0 Å². The number of benzene rings is 2. The maximum atomic E-state index is 13.5. The first kappa shape index (κ1) is 17.1. The second kappa shape index (κ2) is 6.07. The molecule has 9 heteroatoms. The number of halogens is 4. The van der Waals surface area contributed by atoms with Crippen molar-refractivity contribution in [1.29, 1.82) is 0 Å². The summed E-state index contributed by atoms with van der Waals surface area (Å²) in [7, 11) is -4.27. The SMILES string of the molecule is Cc1ccc(S(=O)(=O)Nc2ccccc2OC(F)(F)F)cc1F. The van der Waals surface area contributed by atoms with Crippen molar-refractivity contribution in [2.45, 2.75) is 18.2 Å². The number of para-hydroxylation sites is 2. The fourth-order valence-corrected chi connectivity index (χ4v) is 2.79. The lowest BCUT2D eigenvalue weighted by atomic mass is 10.2. The Morgan fingerprint density at radius 1 is 1.09 bits per heavy atom. The topological polar surface area (TPSA) is 55.4 Å². The van der Waals surface area contributed by atoms with Crippen LogP contribution in [-0.4, -0.2) is 14.8 Å². The highest BCUT2D eigenvalue weighted by atomic mass is 32.2. The van der Waals surface area contributed by atoms with E-state index in [4.69, 9.17) is 0 Å². The number of ether oxygens (including phenoxy) is 1. The van der Waals surface area contributed by atoms with E-state index in [0.717, 1.165) is 24.3 Å². The van der Waals surface area contributed by atoms with Gasteiger partial charge in [-0.25, -0.2) is 12.8 Å². The lowest BCUT2D eigenvalue weighted by Crippen LogP contribution is -2.20. The van der Waals surface area contributed by atoms with Crippen LogP contribution in [0.1, 0.15) is 5.56 Å². The predicted octanol–water partition coefficient (Wildman–Crippen LogP) is 3.83. The molecule has 0 saturated carbocycles. The molecule has 4 nitrogen and oxygen atoms in total. The predicted molar refractivity (Wildman–Crippen MR) is 75.1 cm³/mol. The van der Waals surface area contributed by atoms with Crippen molar-refractivity contribution in [3.05, 3.63) is 53.8 Å². The van der Waals surface area contributed by atoms with E-state index in [1.807, 2.05) is 4.72 Å². The van der Waals surface area contributed by atoms with Gasteiger partial charge in [-0.15, -0.1) is 13.2 Å². The van der Waals surface area contributed by atoms with Crippen LogP contribution in [-0.2, 0) is 10.0 Å². The van der Waals surface area contributed by atoms with Crippen molar-refractivity contribution in [2.24, 2.45) is 0 Å². The highest BCUT2D eigenvalue weighted by molar-refractivity contribution is 7.92. The molecule has 1 N–H and O–H groups in total. The molecule has 0 atom stereocenters. The Balaban J connectivity index is 2.36. The summed E-state index contributed by atoms with van der Waals surface area (Å²) in [5.41, 5.74) is -0.171. The van der Waals surface area contributed by atoms with Crippen LogP contribution in [0.2, 0.25) is 0 Å². The van der Waals surface area contributed by atoms with Crippen LogP contribution in [0.4, 0.5) is 23.2 Å². The highest BCUT2D eigenvalue weighted by Crippen LogP contribution is 2.31. The Morgan fingerprint density at radius 2 is 1.74 bits per heavy atom. The van der Waals surface area contributed by atoms with Crippen LogP contribution in [0.5, 0.6) is 5.75 Å². The molecule has 0 aliphatic heterocycles. The van der Waals surface area contributed by atoms with Gasteiger partial charge in [-0.2, -0.15) is 0 Å². The molecule has 2 rings (SSSR count). The van der Waals surface area contributed by atoms with Crippen LogP contribution in [0.15, 0.2) is 47.4 Å². The normalized spacial score (nSPS) is 12.0. The van der Waals surface area contributed by atoms with Gasteiger partial charge >= 0.3 is 6.36 Å².